The third-order valence-electron chi connectivity index (χ3n) is 3.80. The number of nitrogens with zero attached hydrogens (tertiary/aromatic N) is 1. The molecule has 0 aliphatic heterocycles. The van der Waals surface area contributed by atoms with Gasteiger partial charge in [-0.25, -0.2) is 0 Å². The van der Waals surface area contributed by atoms with Gasteiger partial charge in [0.05, 0.1) is 11.3 Å². The molecule has 19 heavy (non-hydrogen) atoms. The minimum atomic E-state index is -0.634. The summed E-state index contributed by atoms with van der Waals surface area (Å²) in [6.45, 7) is 0.472. The maximum Gasteiger partial charge on any atom is 0.295 e. The molecule has 1 aromatic carbocycles. The molecule has 3 rings (SSSR count). The first-order chi connectivity index (χ1) is 9.16. The Morgan fingerprint density at radius 2 is 2.11 bits per heavy atom. The van der Waals surface area contributed by atoms with E-state index >= 15 is 0 Å². The van der Waals surface area contributed by atoms with Crippen LogP contribution in [0.3, 0.4) is 0 Å². The van der Waals surface area contributed by atoms with Gasteiger partial charge in [0.15, 0.2) is 5.58 Å². The highest BCUT2D eigenvalue weighted by Crippen LogP contribution is 2.29. The number of aliphatic hydroxyl groups is 1. The molecule has 1 aliphatic carbocycles. The lowest BCUT2D eigenvalue weighted by Gasteiger charge is -2.31. The fraction of sp³-hybridized carbons (Fsp3) is 0.500. The van der Waals surface area contributed by atoms with Crippen molar-refractivity contribution in [3.63, 3.8) is 0 Å². The first-order valence-corrected chi connectivity index (χ1v) is 6.78. The van der Waals surface area contributed by atoms with E-state index in [0.717, 1.165) is 25.7 Å². The van der Waals surface area contributed by atoms with Crippen molar-refractivity contribution in [3.05, 3.63) is 18.2 Å². The number of para-hydroxylation sites is 1. The Morgan fingerprint density at radius 3 is 2.84 bits per heavy atom. The summed E-state index contributed by atoms with van der Waals surface area (Å²) in [7, 11) is 0. The van der Waals surface area contributed by atoms with Gasteiger partial charge >= 0.3 is 0 Å². The van der Waals surface area contributed by atoms with E-state index < -0.39 is 5.60 Å². The minimum absolute atomic E-state index is 0.423. The molecule has 102 valence electrons. The van der Waals surface area contributed by atoms with Gasteiger partial charge in [-0.3, -0.25) is 0 Å². The lowest BCUT2D eigenvalue weighted by molar-refractivity contribution is 0.0163. The van der Waals surface area contributed by atoms with Crippen LogP contribution in [-0.4, -0.2) is 22.2 Å². The van der Waals surface area contributed by atoms with Gasteiger partial charge in [-0.2, -0.15) is 4.98 Å². The number of oxazole rings is 1. The maximum atomic E-state index is 10.4. The Bertz CT molecular complexity index is 573. The highest BCUT2D eigenvalue weighted by molar-refractivity contribution is 5.86. The molecule has 0 spiro atoms. The van der Waals surface area contributed by atoms with Crippen LogP contribution in [0.5, 0.6) is 0 Å². The largest absolute Gasteiger partial charge is 0.423 e. The number of benzene rings is 1. The molecule has 1 aliphatic rings. The van der Waals surface area contributed by atoms with Gasteiger partial charge < -0.3 is 20.6 Å². The van der Waals surface area contributed by atoms with Crippen molar-refractivity contribution in [2.45, 2.75) is 37.7 Å². The number of nitrogens with one attached hydrogen (secondary N) is 1. The molecule has 1 saturated carbocycles. The van der Waals surface area contributed by atoms with E-state index in [1.54, 1.807) is 6.07 Å². The van der Waals surface area contributed by atoms with E-state index in [4.69, 9.17) is 10.2 Å². The van der Waals surface area contributed by atoms with Crippen molar-refractivity contribution in [3.8, 4) is 0 Å². The Balaban J connectivity index is 1.73. The summed E-state index contributed by atoms with van der Waals surface area (Å²) in [5.74, 6) is 0. The fourth-order valence-corrected chi connectivity index (χ4v) is 2.67. The first-order valence-electron chi connectivity index (χ1n) is 6.78. The van der Waals surface area contributed by atoms with Gasteiger partial charge in [-0.15, -0.1) is 0 Å². The second kappa shape index (κ2) is 4.74. The van der Waals surface area contributed by atoms with Crippen LogP contribution in [0.1, 0.15) is 32.1 Å². The van der Waals surface area contributed by atoms with Gasteiger partial charge in [-0.05, 0) is 25.0 Å². The molecule has 2 aromatic rings. The summed E-state index contributed by atoms with van der Waals surface area (Å²) in [5.41, 5.74) is 7.14. The predicted octanol–water partition coefficient (Wildman–Crippen LogP) is 2.52. The summed E-state index contributed by atoms with van der Waals surface area (Å²) in [6, 6.07) is 5.89. The van der Waals surface area contributed by atoms with Crippen molar-refractivity contribution in [2.75, 3.05) is 17.6 Å². The molecule has 5 nitrogen and oxygen atoms in total. The lowest BCUT2D eigenvalue weighted by Crippen LogP contribution is -2.38. The Hall–Kier alpha value is -1.75. The molecular weight excluding hydrogens is 242 g/mol. The SMILES string of the molecule is Nc1cccc2oc(NCC3(O)CCCCC3)nc12. The van der Waals surface area contributed by atoms with Crippen LogP contribution in [0.2, 0.25) is 0 Å². The minimum Gasteiger partial charge on any atom is -0.423 e. The molecule has 1 fully saturated rings. The third-order valence-corrected chi connectivity index (χ3v) is 3.80. The van der Waals surface area contributed by atoms with Crippen molar-refractivity contribution in [1.29, 1.82) is 0 Å². The van der Waals surface area contributed by atoms with Crippen LogP contribution in [0, 0.1) is 0 Å². The fourth-order valence-electron chi connectivity index (χ4n) is 2.67. The molecule has 5 heteroatoms. The molecular formula is C14H19N3O2. The molecule has 1 aromatic heterocycles. The average molecular weight is 261 g/mol. The van der Waals surface area contributed by atoms with Crippen LogP contribution in [-0.2, 0) is 0 Å². The normalized spacial score (nSPS) is 18.6. The average Bonchev–Trinajstić information content (AvgIpc) is 2.82. The number of fused-ring (bicyclic) bond motifs is 1. The van der Waals surface area contributed by atoms with Crippen molar-refractivity contribution >= 4 is 22.8 Å². The van der Waals surface area contributed by atoms with Gasteiger partial charge in [0.25, 0.3) is 6.01 Å². The quantitative estimate of drug-likeness (QED) is 0.739. The summed E-state index contributed by atoms with van der Waals surface area (Å²) < 4.78 is 5.57. The number of anilines is 2. The van der Waals surface area contributed by atoms with Crippen LogP contribution >= 0.6 is 0 Å². The molecule has 0 atom stereocenters. The Morgan fingerprint density at radius 1 is 1.32 bits per heavy atom. The van der Waals surface area contributed by atoms with Crippen molar-refractivity contribution < 1.29 is 9.52 Å². The number of nitrogen functional groups attached to an aromatic ring is 1. The monoisotopic (exact) mass is 261 g/mol. The summed E-state index contributed by atoms with van der Waals surface area (Å²) >= 11 is 0. The summed E-state index contributed by atoms with van der Waals surface area (Å²) in [6.07, 6.45) is 5.05. The van der Waals surface area contributed by atoms with Gasteiger partial charge in [0, 0.05) is 6.54 Å². The smallest absolute Gasteiger partial charge is 0.295 e. The molecule has 0 unspecified atom stereocenters. The van der Waals surface area contributed by atoms with Crippen molar-refractivity contribution in [2.24, 2.45) is 0 Å². The topological polar surface area (TPSA) is 84.3 Å². The van der Waals surface area contributed by atoms with E-state index in [0.29, 0.717) is 29.3 Å². The van der Waals surface area contributed by atoms with Crippen LogP contribution in [0.4, 0.5) is 11.7 Å². The second-order valence-corrected chi connectivity index (χ2v) is 5.35. The molecule has 0 radical (unpaired) electrons. The maximum absolute atomic E-state index is 10.4. The number of aromatic nitrogens is 1. The highest BCUT2D eigenvalue weighted by Gasteiger charge is 2.29. The van der Waals surface area contributed by atoms with E-state index in [-0.39, 0.29) is 0 Å². The van der Waals surface area contributed by atoms with Crippen LogP contribution < -0.4 is 11.1 Å². The molecule has 4 N–H and O–H groups in total. The zero-order valence-electron chi connectivity index (χ0n) is 10.9. The van der Waals surface area contributed by atoms with Gasteiger partial charge in [-0.1, -0.05) is 25.3 Å². The standard InChI is InChI=1S/C14H19N3O2/c15-10-5-4-6-11-12(10)17-13(19-11)16-9-14(18)7-2-1-3-8-14/h4-6,18H,1-3,7-9,15H2,(H,16,17). The van der Waals surface area contributed by atoms with Gasteiger partial charge in [0.2, 0.25) is 0 Å². The third kappa shape index (κ3) is 2.51. The van der Waals surface area contributed by atoms with Crippen LogP contribution in [0.15, 0.2) is 22.6 Å². The predicted molar refractivity (Wildman–Crippen MR) is 74.9 cm³/mol. The molecule has 0 saturated heterocycles. The van der Waals surface area contributed by atoms with Gasteiger partial charge in [0.1, 0.15) is 5.52 Å². The molecule has 0 bridgehead atoms. The molecule has 0 amide bonds. The number of rotatable bonds is 3. The van der Waals surface area contributed by atoms with Crippen molar-refractivity contribution in [1.82, 2.24) is 4.98 Å². The Labute approximate surface area is 111 Å². The zero-order chi connectivity index (χ0) is 13.3. The highest BCUT2D eigenvalue weighted by atomic mass is 16.4. The van der Waals surface area contributed by atoms with E-state index in [1.807, 2.05) is 12.1 Å². The van der Waals surface area contributed by atoms with E-state index in [2.05, 4.69) is 10.3 Å². The number of nitrogens with two attached hydrogens (primary N) is 1. The Kier molecular flexibility index (Phi) is 3.06. The summed E-state index contributed by atoms with van der Waals surface area (Å²) in [5, 5.41) is 13.5. The summed E-state index contributed by atoms with van der Waals surface area (Å²) in [4.78, 5) is 4.31. The van der Waals surface area contributed by atoms with E-state index in [1.165, 1.54) is 6.42 Å². The van der Waals surface area contributed by atoms with E-state index in [9.17, 15) is 5.11 Å². The van der Waals surface area contributed by atoms with Crippen LogP contribution in [0.25, 0.3) is 11.1 Å². The number of hydrogen-bond acceptors (Lipinski definition) is 5. The zero-order valence-corrected chi connectivity index (χ0v) is 10.9. The molecule has 1 heterocycles. The first kappa shape index (κ1) is 12.3. The number of hydrogen-bond donors (Lipinski definition) is 3. The lowest BCUT2D eigenvalue weighted by atomic mass is 9.85. The second-order valence-electron chi connectivity index (χ2n) is 5.35.